The molecule has 4 heteroatoms. The molecule has 1 atom stereocenters. The Hall–Kier alpha value is -1.29. The number of hydrogen-bond acceptors (Lipinski definition) is 2. The molecule has 0 bridgehead atoms. The third-order valence-electron chi connectivity index (χ3n) is 5.38. The molecule has 0 radical (unpaired) electrons. The number of rotatable bonds is 2. The predicted molar refractivity (Wildman–Crippen MR) is 84.5 cm³/mol. The van der Waals surface area contributed by atoms with E-state index in [0.717, 1.165) is 30.8 Å². The predicted octanol–water partition coefficient (Wildman–Crippen LogP) is 2.52. The fourth-order valence-electron chi connectivity index (χ4n) is 3.99. The fraction of sp³-hybridized carbons (Fsp3) is 0.706. The zero-order chi connectivity index (χ0) is 14.9. The van der Waals surface area contributed by atoms with Crippen LogP contribution in [0.4, 0.5) is 0 Å². The summed E-state index contributed by atoms with van der Waals surface area (Å²) in [6, 6.07) is 4.23. The van der Waals surface area contributed by atoms with Gasteiger partial charge in [-0.3, -0.25) is 4.79 Å². The lowest BCUT2D eigenvalue weighted by Gasteiger charge is -2.44. The average Bonchev–Trinajstić information content (AvgIpc) is 2.80. The highest BCUT2D eigenvalue weighted by Crippen LogP contribution is 2.34. The monoisotopic (exact) mass is 289 g/mol. The van der Waals surface area contributed by atoms with Gasteiger partial charge in [0.15, 0.2) is 0 Å². The van der Waals surface area contributed by atoms with Crippen molar-refractivity contribution in [1.82, 2.24) is 15.2 Å². The van der Waals surface area contributed by atoms with Crippen LogP contribution in [-0.4, -0.2) is 28.6 Å². The smallest absolute Gasteiger partial charge is 0.268 e. The molecule has 3 rings (SSSR count). The zero-order valence-electron chi connectivity index (χ0n) is 13.2. The zero-order valence-corrected chi connectivity index (χ0v) is 13.2. The summed E-state index contributed by atoms with van der Waals surface area (Å²) in [5, 5.41) is 7.00. The van der Waals surface area contributed by atoms with Gasteiger partial charge in [-0.2, -0.15) is 0 Å². The van der Waals surface area contributed by atoms with Gasteiger partial charge in [0.1, 0.15) is 5.69 Å². The summed E-state index contributed by atoms with van der Waals surface area (Å²) in [4.78, 5) is 12.5. The quantitative estimate of drug-likeness (QED) is 0.879. The van der Waals surface area contributed by atoms with E-state index >= 15 is 0 Å². The first-order valence-electron chi connectivity index (χ1n) is 8.28. The second kappa shape index (κ2) is 5.84. The van der Waals surface area contributed by atoms with Crippen LogP contribution in [0.25, 0.3) is 0 Å². The number of nitrogens with one attached hydrogen (secondary N) is 2. The van der Waals surface area contributed by atoms with Crippen molar-refractivity contribution in [3.05, 3.63) is 23.5 Å². The summed E-state index contributed by atoms with van der Waals surface area (Å²) < 4.78 is 1.97. The van der Waals surface area contributed by atoms with Crippen LogP contribution in [-0.2, 0) is 7.05 Å². The van der Waals surface area contributed by atoms with Crippen molar-refractivity contribution in [1.29, 1.82) is 0 Å². The number of aromatic nitrogens is 1. The topological polar surface area (TPSA) is 46.1 Å². The molecule has 1 amide bonds. The normalized spacial score (nSPS) is 25.0. The molecular formula is C17H27N3O. The molecule has 1 aliphatic heterocycles. The molecule has 1 unspecified atom stereocenters. The minimum Gasteiger partial charge on any atom is -0.348 e. The number of hydrogen-bond donors (Lipinski definition) is 2. The SMILES string of the molecule is Cc1ccc(C(=O)NC2CCNC3(CCCCC3)C2)n1C. The molecule has 1 saturated carbocycles. The minimum absolute atomic E-state index is 0.0726. The van der Waals surface area contributed by atoms with Crippen molar-refractivity contribution in [3.8, 4) is 0 Å². The fourth-order valence-corrected chi connectivity index (χ4v) is 3.99. The molecule has 2 aliphatic rings. The van der Waals surface area contributed by atoms with E-state index in [9.17, 15) is 4.79 Å². The highest BCUT2D eigenvalue weighted by Gasteiger charge is 2.37. The first-order chi connectivity index (χ1) is 10.1. The Kier molecular flexibility index (Phi) is 4.07. The maximum atomic E-state index is 12.5. The summed E-state index contributed by atoms with van der Waals surface area (Å²) in [5.74, 6) is 0.0726. The highest BCUT2D eigenvalue weighted by atomic mass is 16.2. The van der Waals surface area contributed by atoms with Crippen molar-refractivity contribution >= 4 is 5.91 Å². The molecule has 2 fully saturated rings. The Morgan fingerprint density at radius 1 is 1.33 bits per heavy atom. The van der Waals surface area contributed by atoms with E-state index in [-0.39, 0.29) is 5.91 Å². The van der Waals surface area contributed by atoms with Crippen LogP contribution in [0.3, 0.4) is 0 Å². The maximum absolute atomic E-state index is 12.5. The Balaban J connectivity index is 1.64. The van der Waals surface area contributed by atoms with Crippen LogP contribution >= 0.6 is 0 Å². The number of nitrogens with zero attached hydrogens (tertiary/aromatic N) is 1. The Labute approximate surface area is 127 Å². The van der Waals surface area contributed by atoms with Gasteiger partial charge < -0.3 is 15.2 Å². The summed E-state index contributed by atoms with van der Waals surface area (Å²) >= 11 is 0. The van der Waals surface area contributed by atoms with Gasteiger partial charge in [-0.1, -0.05) is 19.3 Å². The van der Waals surface area contributed by atoms with E-state index < -0.39 is 0 Å². The standard InChI is InChI=1S/C17H27N3O/c1-13-6-7-15(20(13)2)16(21)19-14-8-11-18-17(12-14)9-4-3-5-10-17/h6-7,14,18H,3-5,8-12H2,1-2H3,(H,19,21). The van der Waals surface area contributed by atoms with Crippen molar-refractivity contribution in [3.63, 3.8) is 0 Å². The molecule has 0 aromatic carbocycles. The van der Waals surface area contributed by atoms with Crippen molar-refractivity contribution < 1.29 is 4.79 Å². The van der Waals surface area contributed by atoms with Gasteiger partial charge >= 0.3 is 0 Å². The van der Waals surface area contributed by atoms with Gasteiger partial charge in [0.2, 0.25) is 0 Å². The first kappa shape index (κ1) is 14.6. The summed E-state index contributed by atoms with van der Waals surface area (Å²) in [7, 11) is 1.95. The van der Waals surface area contributed by atoms with Crippen LogP contribution in [0.5, 0.6) is 0 Å². The van der Waals surface area contributed by atoms with E-state index in [4.69, 9.17) is 0 Å². The van der Waals surface area contributed by atoms with Crippen molar-refractivity contribution in [2.24, 2.45) is 7.05 Å². The van der Waals surface area contributed by atoms with Crippen LogP contribution in [0.15, 0.2) is 12.1 Å². The van der Waals surface area contributed by atoms with E-state index in [1.807, 2.05) is 30.7 Å². The lowest BCUT2D eigenvalue weighted by molar-refractivity contribution is 0.0884. The summed E-state index contributed by atoms with van der Waals surface area (Å²) in [6.45, 7) is 3.05. The molecule has 1 aromatic rings. The second-order valence-electron chi connectivity index (χ2n) is 6.85. The number of aryl methyl sites for hydroxylation is 1. The number of carbonyl (C=O) groups excluding carboxylic acids is 1. The summed E-state index contributed by atoms with van der Waals surface area (Å²) in [5.41, 5.74) is 2.18. The van der Waals surface area contributed by atoms with Gasteiger partial charge in [-0.15, -0.1) is 0 Å². The largest absolute Gasteiger partial charge is 0.348 e. The van der Waals surface area contributed by atoms with Gasteiger partial charge in [-0.25, -0.2) is 0 Å². The van der Waals surface area contributed by atoms with Crippen LogP contribution in [0.2, 0.25) is 0 Å². The molecular weight excluding hydrogens is 262 g/mol. The average molecular weight is 289 g/mol. The second-order valence-corrected chi connectivity index (χ2v) is 6.85. The van der Waals surface area contributed by atoms with Crippen molar-refractivity contribution in [2.75, 3.05) is 6.54 Å². The van der Waals surface area contributed by atoms with E-state index in [2.05, 4.69) is 10.6 Å². The van der Waals surface area contributed by atoms with E-state index in [0.29, 0.717) is 11.6 Å². The minimum atomic E-state index is 0.0726. The molecule has 21 heavy (non-hydrogen) atoms. The van der Waals surface area contributed by atoms with Crippen LogP contribution in [0, 0.1) is 6.92 Å². The first-order valence-corrected chi connectivity index (χ1v) is 8.28. The third kappa shape index (κ3) is 3.00. The Bertz CT molecular complexity index is 509. The Morgan fingerprint density at radius 3 is 2.76 bits per heavy atom. The third-order valence-corrected chi connectivity index (χ3v) is 5.38. The lowest BCUT2D eigenvalue weighted by Crippen LogP contribution is -2.57. The molecule has 1 aliphatic carbocycles. The number of piperidine rings is 1. The lowest BCUT2D eigenvalue weighted by atomic mass is 9.75. The van der Waals surface area contributed by atoms with Crippen LogP contribution < -0.4 is 10.6 Å². The number of carbonyl (C=O) groups is 1. The maximum Gasteiger partial charge on any atom is 0.268 e. The highest BCUT2D eigenvalue weighted by molar-refractivity contribution is 5.93. The van der Waals surface area contributed by atoms with Crippen LogP contribution in [0.1, 0.15) is 61.1 Å². The molecule has 2 heterocycles. The van der Waals surface area contributed by atoms with E-state index in [1.54, 1.807) is 0 Å². The molecule has 1 aromatic heterocycles. The molecule has 4 nitrogen and oxygen atoms in total. The molecule has 1 saturated heterocycles. The van der Waals surface area contributed by atoms with Gasteiger partial charge in [0.25, 0.3) is 5.91 Å². The van der Waals surface area contributed by atoms with E-state index in [1.165, 1.54) is 32.1 Å². The van der Waals surface area contributed by atoms with Gasteiger partial charge in [0, 0.05) is 24.3 Å². The number of amides is 1. The van der Waals surface area contributed by atoms with Crippen molar-refractivity contribution in [2.45, 2.75) is 63.5 Å². The molecule has 116 valence electrons. The van der Waals surface area contributed by atoms with Gasteiger partial charge in [-0.05, 0) is 51.3 Å². The molecule has 2 N–H and O–H groups in total. The Morgan fingerprint density at radius 2 is 2.10 bits per heavy atom. The van der Waals surface area contributed by atoms with Gasteiger partial charge in [0.05, 0.1) is 0 Å². The molecule has 1 spiro atoms. The summed E-state index contributed by atoms with van der Waals surface area (Å²) in [6.07, 6.45) is 8.67.